The number of amides is 1. The Bertz CT molecular complexity index is 1600. The van der Waals surface area contributed by atoms with E-state index in [1.165, 1.54) is 35.3 Å². The average Bonchev–Trinajstić information content (AvgIpc) is 3.32. The maximum absolute atomic E-state index is 13.3. The monoisotopic (exact) mass is 497 g/mol. The Morgan fingerprint density at radius 1 is 1.03 bits per heavy atom. The smallest absolute Gasteiger partial charge is 0.259 e. The maximum atomic E-state index is 13.3. The number of nitrogens with one attached hydrogen (secondary N) is 1. The van der Waals surface area contributed by atoms with Gasteiger partial charge >= 0.3 is 0 Å². The molecular weight excluding hydrogens is 474 g/mol. The Morgan fingerprint density at radius 3 is 2.49 bits per heavy atom. The maximum Gasteiger partial charge on any atom is 0.259 e. The molecule has 35 heavy (non-hydrogen) atoms. The van der Waals surface area contributed by atoms with Crippen molar-refractivity contribution in [3.63, 3.8) is 0 Å². The lowest BCUT2D eigenvalue weighted by atomic mass is 10.2. The fourth-order valence-electron chi connectivity index (χ4n) is 4.26. The Balaban J connectivity index is 1.39. The number of benzene rings is 2. The molecule has 1 aliphatic rings. The zero-order valence-corrected chi connectivity index (χ0v) is 19.9. The number of sulfonamides is 1. The number of ether oxygens (including phenoxy) is 2. The molecule has 2 aromatic heterocycles. The molecule has 0 atom stereocenters. The van der Waals surface area contributed by atoms with Gasteiger partial charge in [-0.1, -0.05) is 12.1 Å². The van der Waals surface area contributed by atoms with E-state index in [0.29, 0.717) is 22.3 Å². The molecule has 0 bridgehead atoms. The second-order valence-electron chi connectivity index (χ2n) is 8.00. The summed E-state index contributed by atoms with van der Waals surface area (Å²) in [5, 5.41) is 4.77. The Morgan fingerprint density at radius 2 is 1.77 bits per heavy atom. The number of aromatic nitrogens is 3. The van der Waals surface area contributed by atoms with Crippen LogP contribution < -0.4 is 15.0 Å². The molecule has 12 heteroatoms. The zero-order valence-electron chi connectivity index (χ0n) is 19.1. The SMILES string of the molecule is COc1ccc(OC)c(S(=O)(=O)N2CCN(C(=O)c3cnn4c3[nH]c(=O)c3ccccc34)CC2)c1. The highest BCUT2D eigenvalue weighted by molar-refractivity contribution is 7.89. The second-order valence-corrected chi connectivity index (χ2v) is 9.91. The van der Waals surface area contributed by atoms with Crippen molar-refractivity contribution in [1.29, 1.82) is 0 Å². The van der Waals surface area contributed by atoms with E-state index in [4.69, 9.17) is 9.47 Å². The van der Waals surface area contributed by atoms with E-state index < -0.39 is 10.0 Å². The van der Waals surface area contributed by atoms with E-state index >= 15 is 0 Å². The molecule has 1 fully saturated rings. The normalized spacial score (nSPS) is 15.0. The lowest BCUT2D eigenvalue weighted by Crippen LogP contribution is -2.50. The summed E-state index contributed by atoms with van der Waals surface area (Å²) in [6, 6.07) is 11.6. The van der Waals surface area contributed by atoms with Crippen LogP contribution in [0.15, 0.2) is 58.4 Å². The van der Waals surface area contributed by atoms with Crippen LogP contribution in [0.25, 0.3) is 16.6 Å². The van der Waals surface area contributed by atoms with Crippen molar-refractivity contribution in [3.05, 3.63) is 64.6 Å². The van der Waals surface area contributed by atoms with Crippen molar-refractivity contribution in [3.8, 4) is 11.5 Å². The first-order valence-corrected chi connectivity index (χ1v) is 12.3. The largest absolute Gasteiger partial charge is 0.497 e. The molecule has 1 aliphatic heterocycles. The minimum absolute atomic E-state index is 0.00575. The fourth-order valence-corrected chi connectivity index (χ4v) is 5.85. The summed E-state index contributed by atoms with van der Waals surface area (Å²) in [4.78, 5) is 30.1. The molecule has 3 heterocycles. The molecule has 1 amide bonds. The van der Waals surface area contributed by atoms with Gasteiger partial charge in [-0.2, -0.15) is 9.40 Å². The lowest BCUT2D eigenvalue weighted by molar-refractivity contribution is 0.0699. The van der Waals surface area contributed by atoms with Gasteiger partial charge in [-0.05, 0) is 24.3 Å². The number of hydrogen-bond donors (Lipinski definition) is 1. The number of piperazine rings is 1. The molecule has 1 saturated heterocycles. The first-order valence-electron chi connectivity index (χ1n) is 10.9. The summed E-state index contributed by atoms with van der Waals surface area (Å²) in [6.07, 6.45) is 1.42. The molecule has 4 aromatic rings. The third kappa shape index (κ3) is 3.80. The van der Waals surface area contributed by atoms with E-state index in [1.54, 1.807) is 41.3 Å². The van der Waals surface area contributed by atoms with Crippen molar-refractivity contribution >= 4 is 32.5 Å². The van der Waals surface area contributed by atoms with Gasteiger partial charge in [0.1, 0.15) is 27.6 Å². The van der Waals surface area contributed by atoms with Crippen LogP contribution >= 0.6 is 0 Å². The van der Waals surface area contributed by atoms with Crippen LogP contribution in [0.4, 0.5) is 0 Å². The number of aromatic amines is 1. The Kier molecular flexibility index (Phi) is 5.69. The van der Waals surface area contributed by atoms with Gasteiger partial charge in [-0.15, -0.1) is 0 Å². The van der Waals surface area contributed by atoms with Gasteiger partial charge in [0.25, 0.3) is 11.5 Å². The summed E-state index contributed by atoms with van der Waals surface area (Å²) in [5.41, 5.74) is 0.827. The number of fused-ring (bicyclic) bond motifs is 3. The van der Waals surface area contributed by atoms with Crippen molar-refractivity contribution < 1.29 is 22.7 Å². The molecular formula is C23H23N5O6S. The molecule has 2 aromatic carbocycles. The van der Waals surface area contributed by atoms with Crippen molar-refractivity contribution in [2.45, 2.75) is 4.90 Å². The van der Waals surface area contributed by atoms with Crippen LogP contribution in [0.1, 0.15) is 10.4 Å². The van der Waals surface area contributed by atoms with Gasteiger partial charge in [-0.3, -0.25) is 9.59 Å². The number of carbonyl (C=O) groups is 1. The number of rotatable bonds is 5. The average molecular weight is 498 g/mol. The van der Waals surface area contributed by atoms with E-state index in [0.717, 1.165) is 0 Å². The highest BCUT2D eigenvalue weighted by atomic mass is 32.2. The van der Waals surface area contributed by atoms with Crippen LogP contribution in [0.3, 0.4) is 0 Å². The first kappa shape index (κ1) is 22.9. The summed E-state index contributed by atoms with van der Waals surface area (Å²) >= 11 is 0. The second kappa shape index (κ2) is 8.71. The van der Waals surface area contributed by atoms with Gasteiger partial charge in [-0.25, -0.2) is 12.9 Å². The number of hydrogen-bond acceptors (Lipinski definition) is 7. The number of para-hydroxylation sites is 1. The third-order valence-electron chi connectivity index (χ3n) is 6.12. The number of methoxy groups -OCH3 is 2. The number of carbonyl (C=O) groups excluding carboxylic acids is 1. The van der Waals surface area contributed by atoms with Crippen molar-refractivity contribution in [1.82, 2.24) is 23.8 Å². The van der Waals surface area contributed by atoms with Gasteiger partial charge in [0.15, 0.2) is 0 Å². The molecule has 0 radical (unpaired) electrons. The highest BCUT2D eigenvalue weighted by Gasteiger charge is 2.33. The first-order chi connectivity index (χ1) is 16.8. The standard InChI is InChI=1S/C23H23N5O6S/c1-33-15-7-8-19(34-2)20(13-15)35(31,32)27-11-9-26(10-12-27)23(30)17-14-24-28-18-6-4-3-5-16(18)22(29)25-21(17)28/h3-8,13-14H,9-12H2,1-2H3,(H,25,29). The third-order valence-corrected chi connectivity index (χ3v) is 8.04. The number of H-pyrrole nitrogens is 1. The summed E-state index contributed by atoms with van der Waals surface area (Å²) in [7, 11) is -1.02. The molecule has 5 rings (SSSR count). The van der Waals surface area contributed by atoms with Gasteiger partial charge < -0.3 is 19.4 Å². The quantitative estimate of drug-likeness (QED) is 0.441. The fraction of sp³-hybridized carbons (Fsp3) is 0.261. The van der Waals surface area contributed by atoms with E-state index in [2.05, 4.69) is 10.1 Å². The van der Waals surface area contributed by atoms with Gasteiger partial charge in [0, 0.05) is 32.2 Å². The minimum atomic E-state index is -3.88. The molecule has 0 unspecified atom stereocenters. The van der Waals surface area contributed by atoms with Crippen LogP contribution in [0.5, 0.6) is 11.5 Å². The lowest BCUT2D eigenvalue weighted by Gasteiger charge is -2.34. The van der Waals surface area contributed by atoms with Crippen molar-refractivity contribution in [2.24, 2.45) is 0 Å². The van der Waals surface area contributed by atoms with E-state index in [1.807, 2.05) is 0 Å². The predicted octanol–water partition coefficient (Wildman–Crippen LogP) is 1.34. The van der Waals surface area contributed by atoms with Gasteiger partial charge in [0.05, 0.1) is 31.3 Å². The Hall–Kier alpha value is -3.90. The molecule has 182 valence electrons. The van der Waals surface area contributed by atoms with Crippen LogP contribution in [-0.2, 0) is 10.0 Å². The van der Waals surface area contributed by atoms with Crippen LogP contribution in [0, 0.1) is 0 Å². The van der Waals surface area contributed by atoms with Crippen molar-refractivity contribution in [2.75, 3.05) is 40.4 Å². The topological polar surface area (TPSA) is 126 Å². The summed E-state index contributed by atoms with van der Waals surface area (Å²) < 4.78 is 39.9. The zero-order chi connectivity index (χ0) is 24.7. The van der Waals surface area contributed by atoms with Crippen LogP contribution in [-0.4, -0.2) is 78.5 Å². The summed E-state index contributed by atoms with van der Waals surface area (Å²) in [5.74, 6) is 0.279. The van der Waals surface area contributed by atoms with E-state index in [9.17, 15) is 18.0 Å². The van der Waals surface area contributed by atoms with Crippen LogP contribution in [0.2, 0.25) is 0 Å². The molecule has 0 saturated carbocycles. The molecule has 1 N–H and O–H groups in total. The van der Waals surface area contributed by atoms with E-state index in [-0.39, 0.29) is 53.9 Å². The van der Waals surface area contributed by atoms with Gasteiger partial charge in [0.2, 0.25) is 10.0 Å². The predicted molar refractivity (Wildman–Crippen MR) is 128 cm³/mol. The number of nitrogens with zero attached hydrogens (tertiary/aromatic N) is 4. The molecule has 0 aliphatic carbocycles. The highest BCUT2D eigenvalue weighted by Crippen LogP contribution is 2.31. The molecule has 0 spiro atoms. The minimum Gasteiger partial charge on any atom is -0.497 e. The summed E-state index contributed by atoms with van der Waals surface area (Å²) in [6.45, 7) is 0.569. The Labute approximate surface area is 200 Å². The molecule has 11 nitrogen and oxygen atoms in total.